The van der Waals surface area contributed by atoms with Crippen molar-refractivity contribution < 1.29 is 4.79 Å². The van der Waals surface area contributed by atoms with Gasteiger partial charge in [-0.05, 0) is 18.2 Å². The lowest BCUT2D eigenvalue weighted by molar-refractivity contribution is 0.112. The average Bonchev–Trinajstić information content (AvgIpc) is 2.66. The maximum Gasteiger partial charge on any atom is 0.166 e. The van der Waals surface area contributed by atoms with Crippen molar-refractivity contribution in [3.05, 3.63) is 41.2 Å². The zero-order chi connectivity index (χ0) is 11.1. The maximum atomic E-state index is 10.7. The number of rotatable bonds is 1. The van der Waals surface area contributed by atoms with E-state index in [2.05, 4.69) is 9.97 Å². The monoisotopic (exact) mass is 231 g/mol. The van der Waals surface area contributed by atoms with Crippen LogP contribution in [0.2, 0.25) is 5.15 Å². The first-order chi connectivity index (χ1) is 7.79. The Morgan fingerprint density at radius 3 is 3.00 bits per heavy atom. The Morgan fingerprint density at radius 2 is 2.19 bits per heavy atom. The van der Waals surface area contributed by atoms with Gasteiger partial charge in [0.1, 0.15) is 16.3 Å². The van der Waals surface area contributed by atoms with Gasteiger partial charge in [-0.15, -0.1) is 0 Å². The van der Waals surface area contributed by atoms with Gasteiger partial charge in [-0.2, -0.15) is 0 Å². The second-order valence-corrected chi connectivity index (χ2v) is 3.73. The molecule has 0 spiro atoms. The summed E-state index contributed by atoms with van der Waals surface area (Å²) in [6, 6.07) is 7.29. The highest BCUT2D eigenvalue weighted by molar-refractivity contribution is 6.32. The Morgan fingerprint density at radius 1 is 1.31 bits per heavy atom. The lowest BCUT2D eigenvalue weighted by Gasteiger charge is -1.96. The van der Waals surface area contributed by atoms with Gasteiger partial charge in [0.25, 0.3) is 0 Å². The van der Waals surface area contributed by atoms with Crippen molar-refractivity contribution >= 4 is 34.7 Å². The first kappa shape index (κ1) is 9.30. The molecule has 0 aliphatic heterocycles. The van der Waals surface area contributed by atoms with Crippen LogP contribution in [0.1, 0.15) is 10.4 Å². The minimum Gasteiger partial charge on any atom is -0.298 e. The van der Waals surface area contributed by atoms with Crippen molar-refractivity contribution in [2.45, 2.75) is 0 Å². The Kier molecular flexibility index (Phi) is 1.91. The molecule has 5 heteroatoms. The normalized spacial score (nSPS) is 11.1. The van der Waals surface area contributed by atoms with E-state index >= 15 is 0 Å². The summed E-state index contributed by atoms with van der Waals surface area (Å²) in [5.74, 6) is 0. The number of halogens is 1. The van der Waals surface area contributed by atoms with E-state index in [1.807, 2.05) is 28.8 Å². The summed E-state index contributed by atoms with van der Waals surface area (Å²) in [4.78, 5) is 19.2. The van der Waals surface area contributed by atoms with Crippen LogP contribution in [0, 0.1) is 0 Å². The highest BCUT2D eigenvalue weighted by Crippen LogP contribution is 2.20. The fourth-order valence-corrected chi connectivity index (χ4v) is 1.84. The highest BCUT2D eigenvalue weighted by Gasteiger charge is 2.09. The van der Waals surface area contributed by atoms with Crippen LogP contribution in [-0.4, -0.2) is 20.7 Å². The topological polar surface area (TPSA) is 47.3 Å². The lowest BCUT2D eigenvalue weighted by atomic mass is 10.3. The second kappa shape index (κ2) is 3.28. The first-order valence-electron chi connectivity index (χ1n) is 4.68. The van der Waals surface area contributed by atoms with Gasteiger partial charge in [-0.3, -0.25) is 9.20 Å². The standard InChI is InChI=1S/C11H6ClN3O/c12-10-7(6-16)5-8-11(14-10)15-4-2-1-3-9(15)13-8/h1-6H. The van der Waals surface area contributed by atoms with Crippen molar-refractivity contribution in [2.24, 2.45) is 0 Å². The Balaban J connectivity index is 2.51. The first-order valence-corrected chi connectivity index (χ1v) is 5.06. The molecule has 0 aliphatic carbocycles. The lowest BCUT2D eigenvalue weighted by Crippen LogP contribution is -1.89. The minimum atomic E-state index is 0.202. The molecule has 0 fully saturated rings. The van der Waals surface area contributed by atoms with Crippen LogP contribution in [0.3, 0.4) is 0 Å². The van der Waals surface area contributed by atoms with E-state index in [0.29, 0.717) is 23.0 Å². The van der Waals surface area contributed by atoms with Crippen LogP contribution in [0.5, 0.6) is 0 Å². The summed E-state index contributed by atoms with van der Waals surface area (Å²) >= 11 is 5.88. The number of aromatic nitrogens is 3. The largest absolute Gasteiger partial charge is 0.298 e. The summed E-state index contributed by atoms with van der Waals surface area (Å²) in [5, 5.41) is 0.202. The number of hydrogen-bond donors (Lipinski definition) is 0. The quantitative estimate of drug-likeness (QED) is 0.477. The summed E-state index contributed by atoms with van der Waals surface area (Å²) in [5.41, 5.74) is 2.46. The third kappa shape index (κ3) is 1.20. The number of carbonyl (C=O) groups excluding carboxylic acids is 1. The molecule has 0 amide bonds. The predicted octanol–water partition coefficient (Wildman–Crippen LogP) is 2.35. The van der Waals surface area contributed by atoms with E-state index in [0.717, 1.165) is 5.65 Å². The van der Waals surface area contributed by atoms with Gasteiger partial charge in [-0.25, -0.2) is 9.97 Å². The van der Waals surface area contributed by atoms with Crippen molar-refractivity contribution in [1.82, 2.24) is 14.4 Å². The number of fused-ring (bicyclic) bond motifs is 3. The van der Waals surface area contributed by atoms with Crippen LogP contribution in [0.15, 0.2) is 30.5 Å². The maximum absolute atomic E-state index is 10.7. The molecule has 3 aromatic rings. The number of aldehydes is 1. The van der Waals surface area contributed by atoms with Crippen molar-refractivity contribution in [3.63, 3.8) is 0 Å². The molecule has 3 aromatic heterocycles. The molecule has 0 unspecified atom stereocenters. The minimum absolute atomic E-state index is 0.202. The molecule has 0 aromatic carbocycles. The van der Waals surface area contributed by atoms with Crippen LogP contribution in [0.4, 0.5) is 0 Å². The number of imidazole rings is 1. The number of nitrogens with zero attached hydrogens (tertiary/aromatic N) is 3. The molecule has 0 atom stereocenters. The zero-order valence-corrected chi connectivity index (χ0v) is 8.85. The summed E-state index contributed by atoms with van der Waals surface area (Å²) in [7, 11) is 0. The third-order valence-electron chi connectivity index (χ3n) is 2.39. The smallest absolute Gasteiger partial charge is 0.166 e. The second-order valence-electron chi connectivity index (χ2n) is 3.37. The predicted molar refractivity (Wildman–Crippen MR) is 60.9 cm³/mol. The van der Waals surface area contributed by atoms with E-state index in [4.69, 9.17) is 11.6 Å². The SMILES string of the molecule is O=Cc1cc2nc3ccccn3c2nc1Cl. The number of pyridine rings is 2. The molecule has 0 saturated heterocycles. The van der Waals surface area contributed by atoms with Crippen molar-refractivity contribution in [1.29, 1.82) is 0 Å². The summed E-state index contributed by atoms with van der Waals surface area (Å²) in [6.07, 6.45) is 2.54. The molecule has 3 heterocycles. The van der Waals surface area contributed by atoms with Gasteiger partial charge in [0.2, 0.25) is 0 Å². The molecule has 0 radical (unpaired) electrons. The molecule has 0 bridgehead atoms. The molecule has 4 nitrogen and oxygen atoms in total. The molecular weight excluding hydrogens is 226 g/mol. The molecule has 0 saturated carbocycles. The van der Waals surface area contributed by atoms with Crippen LogP contribution < -0.4 is 0 Å². The van der Waals surface area contributed by atoms with Gasteiger partial charge < -0.3 is 0 Å². The highest BCUT2D eigenvalue weighted by atomic mass is 35.5. The van der Waals surface area contributed by atoms with Gasteiger partial charge in [0.05, 0.1) is 5.56 Å². The van der Waals surface area contributed by atoms with Gasteiger partial charge >= 0.3 is 0 Å². The molecule has 0 aliphatic rings. The van der Waals surface area contributed by atoms with Crippen LogP contribution in [-0.2, 0) is 0 Å². The zero-order valence-electron chi connectivity index (χ0n) is 8.09. The van der Waals surface area contributed by atoms with E-state index in [9.17, 15) is 4.79 Å². The Hall–Kier alpha value is -1.94. The van der Waals surface area contributed by atoms with E-state index in [1.54, 1.807) is 6.07 Å². The van der Waals surface area contributed by atoms with Crippen LogP contribution >= 0.6 is 11.6 Å². The fourth-order valence-electron chi connectivity index (χ4n) is 1.66. The van der Waals surface area contributed by atoms with E-state index in [-0.39, 0.29) is 5.15 Å². The third-order valence-corrected chi connectivity index (χ3v) is 2.69. The Labute approximate surface area is 95.5 Å². The van der Waals surface area contributed by atoms with E-state index in [1.165, 1.54) is 0 Å². The fraction of sp³-hybridized carbons (Fsp3) is 0. The molecule has 16 heavy (non-hydrogen) atoms. The van der Waals surface area contributed by atoms with E-state index < -0.39 is 0 Å². The summed E-state index contributed by atoms with van der Waals surface area (Å²) < 4.78 is 1.83. The number of carbonyl (C=O) groups is 1. The molecule has 0 N–H and O–H groups in total. The van der Waals surface area contributed by atoms with Gasteiger partial charge in [-0.1, -0.05) is 17.7 Å². The van der Waals surface area contributed by atoms with Crippen LogP contribution in [0.25, 0.3) is 16.8 Å². The van der Waals surface area contributed by atoms with Crippen molar-refractivity contribution in [3.8, 4) is 0 Å². The molecular formula is C11H6ClN3O. The Bertz CT molecular complexity index is 705. The van der Waals surface area contributed by atoms with Gasteiger partial charge in [0, 0.05) is 6.20 Å². The molecule has 78 valence electrons. The van der Waals surface area contributed by atoms with Crippen molar-refractivity contribution in [2.75, 3.05) is 0 Å². The average molecular weight is 232 g/mol. The van der Waals surface area contributed by atoms with Gasteiger partial charge in [0.15, 0.2) is 11.9 Å². The number of hydrogen-bond acceptors (Lipinski definition) is 3. The summed E-state index contributed by atoms with van der Waals surface area (Å²) in [6.45, 7) is 0. The molecule has 3 rings (SSSR count).